The maximum Gasteiger partial charge on any atom is 0.144 e. The van der Waals surface area contributed by atoms with Gasteiger partial charge in [0.25, 0.3) is 0 Å². The van der Waals surface area contributed by atoms with Crippen molar-refractivity contribution in [2.24, 2.45) is 16.3 Å². The van der Waals surface area contributed by atoms with E-state index in [1.165, 1.54) is 0 Å². The van der Waals surface area contributed by atoms with Crippen molar-refractivity contribution in [3.63, 3.8) is 0 Å². The largest absolute Gasteiger partial charge is 0.409 e. The van der Waals surface area contributed by atoms with Crippen LogP contribution in [0.3, 0.4) is 0 Å². The summed E-state index contributed by atoms with van der Waals surface area (Å²) < 4.78 is 0.998. The van der Waals surface area contributed by atoms with Gasteiger partial charge in [-0.05, 0) is 46.7 Å². The summed E-state index contributed by atoms with van der Waals surface area (Å²) in [6.07, 6.45) is 4.86. The number of rotatable bonds is 7. The molecule has 0 saturated carbocycles. The van der Waals surface area contributed by atoms with Crippen LogP contribution in [0.2, 0.25) is 0 Å². The van der Waals surface area contributed by atoms with Gasteiger partial charge in [0.2, 0.25) is 0 Å². The SMILES string of the molecule is CC(C)(CCCCSc1ccc(Br)cn1)/C(N)=N/O. The molecule has 0 radical (unpaired) electrons. The smallest absolute Gasteiger partial charge is 0.144 e. The molecule has 106 valence electrons. The molecule has 1 aromatic rings. The molecule has 0 saturated heterocycles. The van der Waals surface area contributed by atoms with Gasteiger partial charge in [0.1, 0.15) is 5.84 Å². The number of hydrogen-bond acceptors (Lipinski definition) is 4. The summed E-state index contributed by atoms with van der Waals surface area (Å²) >= 11 is 5.12. The number of nitrogens with two attached hydrogens (primary N) is 1. The van der Waals surface area contributed by atoms with Crippen LogP contribution in [-0.4, -0.2) is 21.8 Å². The van der Waals surface area contributed by atoms with Crippen molar-refractivity contribution in [2.75, 3.05) is 5.75 Å². The van der Waals surface area contributed by atoms with E-state index < -0.39 is 0 Å². The molecule has 0 amide bonds. The van der Waals surface area contributed by atoms with Gasteiger partial charge in [-0.25, -0.2) is 4.98 Å². The summed E-state index contributed by atoms with van der Waals surface area (Å²) in [7, 11) is 0. The van der Waals surface area contributed by atoms with E-state index >= 15 is 0 Å². The Morgan fingerprint density at radius 2 is 2.21 bits per heavy atom. The number of unbranched alkanes of at least 4 members (excludes halogenated alkanes) is 1. The highest BCUT2D eigenvalue weighted by Crippen LogP contribution is 2.25. The molecule has 0 bridgehead atoms. The third-order valence-corrected chi connectivity index (χ3v) is 4.45. The van der Waals surface area contributed by atoms with Crippen LogP contribution in [0.4, 0.5) is 0 Å². The quantitative estimate of drug-likeness (QED) is 0.196. The second-order valence-corrected chi connectivity index (χ2v) is 7.02. The fraction of sp³-hybridized carbons (Fsp3) is 0.538. The molecule has 0 spiro atoms. The lowest BCUT2D eigenvalue weighted by atomic mass is 9.86. The summed E-state index contributed by atoms with van der Waals surface area (Å²) in [4.78, 5) is 4.31. The Morgan fingerprint density at radius 3 is 2.79 bits per heavy atom. The van der Waals surface area contributed by atoms with Gasteiger partial charge >= 0.3 is 0 Å². The fourth-order valence-electron chi connectivity index (χ4n) is 1.56. The Balaban J connectivity index is 2.23. The van der Waals surface area contributed by atoms with Crippen molar-refractivity contribution in [3.05, 3.63) is 22.8 Å². The van der Waals surface area contributed by atoms with Gasteiger partial charge in [0, 0.05) is 16.1 Å². The molecule has 4 nitrogen and oxygen atoms in total. The van der Waals surface area contributed by atoms with E-state index in [1.807, 2.05) is 32.2 Å². The number of halogens is 1. The molecule has 0 unspecified atom stereocenters. The number of hydrogen-bond donors (Lipinski definition) is 2. The van der Waals surface area contributed by atoms with E-state index in [0.717, 1.165) is 34.5 Å². The first-order chi connectivity index (χ1) is 8.95. The molecule has 0 aliphatic heterocycles. The molecule has 1 aromatic heterocycles. The maximum absolute atomic E-state index is 8.69. The van der Waals surface area contributed by atoms with Gasteiger partial charge in [-0.1, -0.05) is 25.4 Å². The molecule has 0 aliphatic rings. The van der Waals surface area contributed by atoms with Gasteiger partial charge < -0.3 is 10.9 Å². The standard InChI is InChI=1S/C13H20BrN3OS/c1-13(2,12(15)17-18)7-3-4-8-19-11-6-5-10(14)9-16-11/h5-6,9,18H,3-4,7-8H2,1-2H3,(H2,15,17). The number of aromatic nitrogens is 1. The number of oxime groups is 1. The highest BCUT2D eigenvalue weighted by atomic mass is 79.9. The lowest BCUT2D eigenvalue weighted by molar-refractivity contribution is 0.304. The molecule has 19 heavy (non-hydrogen) atoms. The minimum absolute atomic E-state index is 0.241. The van der Waals surface area contributed by atoms with Crippen molar-refractivity contribution >= 4 is 33.5 Å². The van der Waals surface area contributed by atoms with Crippen LogP contribution in [-0.2, 0) is 0 Å². The minimum atomic E-state index is -0.241. The lowest BCUT2D eigenvalue weighted by Gasteiger charge is -2.22. The first-order valence-electron chi connectivity index (χ1n) is 6.18. The van der Waals surface area contributed by atoms with Gasteiger partial charge in [-0.2, -0.15) is 0 Å². The van der Waals surface area contributed by atoms with Gasteiger partial charge in [0.05, 0.1) is 5.03 Å². The van der Waals surface area contributed by atoms with Crippen LogP contribution in [0.5, 0.6) is 0 Å². The number of thioether (sulfide) groups is 1. The summed E-state index contributed by atoms with van der Waals surface area (Å²) in [5.41, 5.74) is 5.41. The summed E-state index contributed by atoms with van der Waals surface area (Å²) in [5.74, 6) is 1.33. The number of pyridine rings is 1. The Kier molecular flexibility index (Phi) is 6.65. The topological polar surface area (TPSA) is 71.5 Å². The first kappa shape index (κ1) is 16.3. The van der Waals surface area contributed by atoms with Crippen LogP contribution in [0.25, 0.3) is 0 Å². The van der Waals surface area contributed by atoms with Crippen molar-refractivity contribution in [3.8, 4) is 0 Å². The van der Waals surface area contributed by atoms with Crippen molar-refractivity contribution in [2.45, 2.75) is 38.1 Å². The van der Waals surface area contributed by atoms with Crippen LogP contribution in [0.15, 0.2) is 33.0 Å². The third kappa shape index (κ3) is 5.82. The molecule has 3 N–H and O–H groups in total. The van der Waals surface area contributed by atoms with E-state index in [0.29, 0.717) is 5.84 Å². The van der Waals surface area contributed by atoms with Gasteiger partial charge in [-0.3, -0.25) is 0 Å². The molecule has 0 atom stereocenters. The Labute approximate surface area is 127 Å². The average molecular weight is 346 g/mol. The molecule has 1 heterocycles. The second kappa shape index (κ2) is 7.75. The first-order valence-corrected chi connectivity index (χ1v) is 7.96. The van der Waals surface area contributed by atoms with Crippen LogP contribution >= 0.6 is 27.7 Å². The summed E-state index contributed by atoms with van der Waals surface area (Å²) in [6.45, 7) is 3.98. The van der Waals surface area contributed by atoms with Gasteiger partial charge in [-0.15, -0.1) is 11.8 Å². The highest BCUT2D eigenvalue weighted by molar-refractivity contribution is 9.10. The lowest BCUT2D eigenvalue weighted by Crippen LogP contribution is -2.31. The zero-order chi connectivity index (χ0) is 14.3. The van der Waals surface area contributed by atoms with Gasteiger partial charge in [0.15, 0.2) is 0 Å². The van der Waals surface area contributed by atoms with E-state index in [1.54, 1.807) is 11.8 Å². The van der Waals surface area contributed by atoms with E-state index in [9.17, 15) is 0 Å². The Morgan fingerprint density at radius 1 is 1.47 bits per heavy atom. The summed E-state index contributed by atoms with van der Waals surface area (Å²) in [6, 6.07) is 4.01. The molecular weight excluding hydrogens is 326 g/mol. The molecule has 0 aromatic carbocycles. The average Bonchev–Trinajstić information content (AvgIpc) is 2.39. The Hall–Kier alpha value is -0.750. The molecular formula is C13H20BrN3OS. The zero-order valence-corrected chi connectivity index (χ0v) is 13.7. The van der Waals surface area contributed by atoms with Crippen molar-refractivity contribution in [1.82, 2.24) is 4.98 Å². The maximum atomic E-state index is 8.69. The monoisotopic (exact) mass is 345 g/mol. The minimum Gasteiger partial charge on any atom is -0.409 e. The zero-order valence-electron chi connectivity index (χ0n) is 11.3. The van der Waals surface area contributed by atoms with E-state index in [2.05, 4.69) is 26.1 Å². The molecule has 0 fully saturated rings. The summed E-state index contributed by atoms with van der Waals surface area (Å²) in [5, 5.41) is 12.8. The highest BCUT2D eigenvalue weighted by Gasteiger charge is 2.22. The fourth-order valence-corrected chi connectivity index (χ4v) is 2.64. The predicted molar refractivity (Wildman–Crippen MR) is 83.7 cm³/mol. The predicted octanol–water partition coefficient (Wildman–Crippen LogP) is 3.88. The number of amidine groups is 1. The molecule has 0 aliphatic carbocycles. The van der Waals surface area contributed by atoms with Crippen LogP contribution < -0.4 is 5.73 Å². The molecule has 6 heteroatoms. The molecule has 1 rings (SSSR count). The van der Waals surface area contributed by atoms with Crippen molar-refractivity contribution in [1.29, 1.82) is 0 Å². The van der Waals surface area contributed by atoms with E-state index in [-0.39, 0.29) is 5.41 Å². The van der Waals surface area contributed by atoms with Crippen LogP contribution in [0, 0.1) is 5.41 Å². The van der Waals surface area contributed by atoms with Crippen molar-refractivity contribution < 1.29 is 5.21 Å². The van der Waals surface area contributed by atoms with Crippen LogP contribution in [0.1, 0.15) is 33.1 Å². The second-order valence-electron chi connectivity index (χ2n) is 4.99. The normalized spacial score (nSPS) is 12.7. The third-order valence-electron chi connectivity index (χ3n) is 2.95. The Bertz CT molecular complexity index is 420. The van der Waals surface area contributed by atoms with E-state index in [4.69, 9.17) is 10.9 Å². The number of nitrogens with zero attached hydrogens (tertiary/aromatic N) is 2.